The molecule has 0 amide bonds. The third-order valence-corrected chi connectivity index (χ3v) is 3.58. The minimum absolute atomic E-state index is 0.0706. The monoisotopic (exact) mass is 295 g/mol. The summed E-state index contributed by atoms with van der Waals surface area (Å²) in [5, 5.41) is 10.9. The van der Waals surface area contributed by atoms with Crippen molar-refractivity contribution in [3.63, 3.8) is 0 Å². The number of nitro groups is 1. The van der Waals surface area contributed by atoms with Gasteiger partial charge in [-0.1, -0.05) is 0 Å². The van der Waals surface area contributed by atoms with E-state index in [1.54, 1.807) is 0 Å². The summed E-state index contributed by atoms with van der Waals surface area (Å²) in [6, 6.07) is 2.75. The third-order valence-electron chi connectivity index (χ3n) is 3.58. The molecule has 2 N–H and O–H groups in total. The number of hydrogen-bond acceptors (Lipinski definition) is 6. The van der Waals surface area contributed by atoms with Crippen LogP contribution in [0.3, 0.4) is 0 Å². The highest BCUT2D eigenvalue weighted by atomic mass is 16.6. The van der Waals surface area contributed by atoms with Gasteiger partial charge in [-0.3, -0.25) is 10.1 Å². The zero-order chi connectivity index (χ0) is 15.2. The number of hydrogen-bond donors (Lipinski definition) is 1. The van der Waals surface area contributed by atoms with Gasteiger partial charge in [-0.05, 0) is 32.4 Å². The molecule has 0 radical (unpaired) electrons. The summed E-state index contributed by atoms with van der Waals surface area (Å²) < 4.78 is 10.8. The summed E-state index contributed by atoms with van der Waals surface area (Å²) in [6.45, 7) is 3.78. The predicted molar refractivity (Wildman–Crippen MR) is 79.8 cm³/mol. The summed E-state index contributed by atoms with van der Waals surface area (Å²) in [5.41, 5.74) is 5.53. The molecular weight excluding hydrogens is 274 g/mol. The molecule has 7 heteroatoms. The van der Waals surface area contributed by atoms with Crippen LogP contribution in [0.4, 0.5) is 11.4 Å². The molecule has 1 heterocycles. The largest absolute Gasteiger partial charge is 0.493 e. The molecular formula is C14H21N3O4. The van der Waals surface area contributed by atoms with Gasteiger partial charge >= 0.3 is 0 Å². The molecule has 0 aromatic heterocycles. The van der Waals surface area contributed by atoms with Crippen LogP contribution in [0.15, 0.2) is 12.1 Å². The van der Waals surface area contributed by atoms with E-state index in [1.807, 2.05) is 0 Å². The number of nitro benzene ring substituents is 1. The molecule has 1 aromatic rings. The van der Waals surface area contributed by atoms with Crippen molar-refractivity contribution < 1.29 is 14.4 Å². The molecule has 116 valence electrons. The van der Waals surface area contributed by atoms with Gasteiger partial charge in [0, 0.05) is 12.6 Å². The van der Waals surface area contributed by atoms with E-state index in [-0.39, 0.29) is 11.4 Å². The van der Waals surface area contributed by atoms with E-state index in [0.717, 1.165) is 26.1 Å². The summed E-state index contributed by atoms with van der Waals surface area (Å²) in [6.07, 6.45) is 3.40. The Bertz CT molecular complexity index is 501. The third kappa shape index (κ3) is 3.98. The second kappa shape index (κ2) is 7.12. The fraction of sp³-hybridized carbons (Fsp3) is 0.571. The molecule has 2 rings (SSSR count). The Hall–Kier alpha value is -2.02. The molecule has 0 saturated carbocycles. The smallest absolute Gasteiger partial charge is 0.296 e. The first-order valence-corrected chi connectivity index (χ1v) is 7.09. The average Bonchev–Trinajstić information content (AvgIpc) is 2.97. The van der Waals surface area contributed by atoms with Crippen LogP contribution in [0, 0.1) is 10.1 Å². The Morgan fingerprint density at radius 1 is 1.33 bits per heavy atom. The van der Waals surface area contributed by atoms with Crippen LogP contribution in [0.2, 0.25) is 0 Å². The van der Waals surface area contributed by atoms with E-state index >= 15 is 0 Å². The predicted octanol–water partition coefficient (Wildman–Crippen LogP) is 2.05. The van der Waals surface area contributed by atoms with Gasteiger partial charge in [0.1, 0.15) is 5.69 Å². The highest BCUT2D eigenvalue weighted by molar-refractivity contribution is 5.65. The Morgan fingerprint density at radius 2 is 2.05 bits per heavy atom. The summed E-state index contributed by atoms with van der Waals surface area (Å²) >= 11 is 0. The number of ether oxygens (including phenoxy) is 2. The molecule has 0 aliphatic carbocycles. The summed E-state index contributed by atoms with van der Waals surface area (Å²) in [7, 11) is 1.48. The van der Waals surface area contributed by atoms with Gasteiger partial charge in [0.2, 0.25) is 0 Å². The Labute approximate surface area is 123 Å². The van der Waals surface area contributed by atoms with E-state index in [1.165, 1.54) is 32.1 Å². The van der Waals surface area contributed by atoms with Crippen LogP contribution in [0.5, 0.6) is 11.5 Å². The van der Waals surface area contributed by atoms with Crippen molar-refractivity contribution in [2.45, 2.75) is 19.3 Å². The average molecular weight is 295 g/mol. The zero-order valence-corrected chi connectivity index (χ0v) is 12.2. The number of nitrogen functional groups attached to an aromatic ring is 1. The number of methoxy groups -OCH3 is 1. The van der Waals surface area contributed by atoms with Gasteiger partial charge in [-0.2, -0.15) is 0 Å². The topological polar surface area (TPSA) is 90.9 Å². The van der Waals surface area contributed by atoms with Crippen molar-refractivity contribution in [2.75, 3.05) is 39.1 Å². The van der Waals surface area contributed by atoms with Crippen LogP contribution >= 0.6 is 0 Å². The Morgan fingerprint density at radius 3 is 2.67 bits per heavy atom. The molecule has 1 fully saturated rings. The lowest BCUT2D eigenvalue weighted by Gasteiger charge is -2.15. The van der Waals surface area contributed by atoms with E-state index in [4.69, 9.17) is 15.2 Å². The minimum atomic E-state index is -0.522. The highest BCUT2D eigenvalue weighted by Gasteiger charge is 2.18. The van der Waals surface area contributed by atoms with Crippen LogP contribution in [0.1, 0.15) is 19.3 Å². The van der Waals surface area contributed by atoms with Gasteiger partial charge < -0.3 is 20.1 Å². The minimum Gasteiger partial charge on any atom is -0.493 e. The van der Waals surface area contributed by atoms with Gasteiger partial charge in [0.15, 0.2) is 11.5 Å². The molecule has 1 aliphatic heterocycles. The lowest BCUT2D eigenvalue weighted by Crippen LogP contribution is -2.21. The highest BCUT2D eigenvalue weighted by Crippen LogP contribution is 2.36. The first-order valence-electron chi connectivity index (χ1n) is 7.09. The normalized spacial score (nSPS) is 15.1. The van der Waals surface area contributed by atoms with Crippen molar-refractivity contribution in [1.82, 2.24) is 4.90 Å². The standard InChI is InChI=1S/C14H21N3O4/c1-20-13-9-11(15)12(17(18)19)10-14(13)21-8-4-7-16-5-2-3-6-16/h9-10H,2-8,15H2,1H3. The second-order valence-electron chi connectivity index (χ2n) is 5.07. The van der Waals surface area contributed by atoms with Crippen molar-refractivity contribution in [1.29, 1.82) is 0 Å². The molecule has 7 nitrogen and oxygen atoms in total. The van der Waals surface area contributed by atoms with Gasteiger partial charge in [0.05, 0.1) is 24.7 Å². The molecule has 0 bridgehead atoms. The first kappa shape index (κ1) is 15.4. The van der Waals surface area contributed by atoms with E-state index in [0.29, 0.717) is 18.1 Å². The Balaban J connectivity index is 1.94. The molecule has 1 saturated heterocycles. The number of nitrogens with two attached hydrogens (primary N) is 1. The quantitative estimate of drug-likeness (QED) is 0.358. The maximum absolute atomic E-state index is 10.9. The molecule has 0 spiro atoms. The second-order valence-corrected chi connectivity index (χ2v) is 5.07. The van der Waals surface area contributed by atoms with Gasteiger partial charge in [0.25, 0.3) is 5.69 Å². The van der Waals surface area contributed by atoms with Gasteiger partial charge in [-0.15, -0.1) is 0 Å². The van der Waals surface area contributed by atoms with Crippen molar-refractivity contribution >= 4 is 11.4 Å². The SMILES string of the molecule is COc1cc(N)c([N+](=O)[O-])cc1OCCCN1CCCC1. The molecule has 1 aliphatic rings. The van der Waals surface area contributed by atoms with Crippen LogP contribution in [-0.4, -0.2) is 43.2 Å². The van der Waals surface area contributed by atoms with Crippen LogP contribution < -0.4 is 15.2 Å². The maximum Gasteiger partial charge on any atom is 0.296 e. The van der Waals surface area contributed by atoms with Crippen molar-refractivity contribution in [3.8, 4) is 11.5 Å². The number of anilines is 1. The van der Waals surface area contributed by atoms with Crippen LogP contribution in [0.25, 0.3) is 0 Å². The Kier molecular flexibility index (Phi) is 5.21. The lowest BCUT2D eigenvalue weighted by atomic mass is 10.2. The fourth-order valence-corrected chi connectivity index (χ4v) is 2.47. The molecule has 0 atom stereocenters. The number of rotatable bonds is 7. The van der Waals surface area contributed by atoms with E-state index < -0.39 is 4.92 Å². The summed E-state index contributed by atoms with van der Waals surface area (Å²) in [4.78, 5) is 12.8. The van der Waals surface area contributed by atoms with Gasteiger partial charge in [-0.25, -0.2) is 0 Å². The van der Waals surface area contributed by atoms with Crippen molar-refractivity contribution in [3.05, 3.63) is 22.2 Å². The molecule has 1 aromatic carbocycles. The number of nitrogens with zero attached hydrogens (tertiary/aromatic N) is 2. The van der Waals surface area contributed by atoms with Crippen molar-refractivity contribution in [2.24, 2.45) is 0 Å². The lowest BCUT2D eigenvalue weighted by molar-refractivity contribution is -0.384. The molecule has 21 heavy (non-hydrogen) atoms. The van der Waals surface area contributed by atoms with Crippen LogP contribution in [-0.2, 0) is 0 Å². The zero-order valence-electron chi connectivity index (χ0n) is 12.2. The first-order chi connectivity index (χ1) is 10.1. The number of likely N-dealkylation sites (tertiary alicyclic amines) is 1. The molecule has 0 unspecified atom stereocenters. The maximum atomic E-state index is 10.9. The van der Waals surface area contributed by atoms with E-state index in [2.05, 4.69) is 4.90 Å². The fourth-order valence-electron chi connectivity index (χ4n) is 2.47. The summed E-state index contributed by atoms with van der Waals surface area (Å²) in [5.74, 6) is 0.777. The van der Waals surface area contributed by atoms with E-state index in [9.17, 15) is 10.1 Å². The number of benzene rings is 1.